The number of carbonyl (C=O) groups is 1. The number of Topliss-reactive ketones (excluding diaryl/α,β-unsaturated/α-hetero) is 1. The third-order valence-corrected chi connectivity index (χ3v) is 5.65. The van der Waals surface area contributed by atoms with E-state index in [4.69, 9.17) is 4.74 Å². The number of thiophene rings is 1. The molecule has 18 heavy (non-hydrogen) atoms. The van der Waals surface area contributed by atoms with Crippen LogP contribution in [0.2, 0.25) is 0 Å². The summed E-state index contributed by atoms with van der Waals surface area (Å²) in [7, 11) is 0. The molecular weight excluding hydrogens is 380 g/mol. The number of hydrogen-bond acceptors (Lipinski definition) is 3. The lowest BCUT2D eigenvalue weighted by Crippen LogP contribution is -2.33. The van der Waals surface area contributed by atoms with Gasteiger partial charge in [-0.3, -0.25) is 4.79 Å². The molecule has 1 aliphatic rings. The van der Waals surface area contributed by atoms with Crippen molar-refractivity contribution in [2.75, 3.05) is 0 Å². The molecule has 1 atom stereocenters. The van der Waals surface area contributed by atoms with E-state index in [1.807, 2.05) is 33.8 Å². The van der Waals surface area contributed by atoms with Gasteiger partial charge in [-0.05, 0) is 72.0 Å². The third-order valence-electron chi connectivity index (χ3n) is 3.31. The lowest BCUT2D eigenvalue weighted by molar-refractivity contribution is -0.0712. The summed E-state index contributed by atoms with van der Waals surface area (Å²) in [5, 5.41) is 0. The van der Waals surface area contributed by atoms with Gasteiger partial charge in [0, 0.05) is 5.56 Å². The maximum atomic E-state index is 12.7. The van der Waals surface area contributed by atoms with E-state index in [9.17, 15) is 4.79 Å². The number of carbonyl (C=O) groups excluding carboxylic acids is 1. The van der Waals surface area contributed by atoms with Gasteiger partial charge in [0.15, 0.2) is 5.78 Å². The van der Waals surface area contributed by atoms with Gasteiger partial charge in [-0.1, -0.05) is 0 Å². The van der Waals surface area contributed by atoms with Crippen molar-refractivity contribution in [3.8, 4) is 0 Å². The Bertz CT molecular complexity index is 491. The fourth-order valence-electron chi connectivity index (χ4n) is 2.67. The molecule has 0 aromatic carbocycles. The lowest BCUT2D eigenvalue weighted by atomic mass is 9.82. The molecule has 2 rings (SSSR count). The first kappa shape index (κ1) is 14.7. The highest BCUT2D eigenvalue weighted by Crippen LogP contribution is 2.45. The maximum absolute atomic E-state index is 12.7. The second kappa shape index (κ2) is 4.69. The van der Waals surface area contributed by atoms with Crippen molar-refractivity contribution in [1.29, 1.82) is 0 Å². The molecule has 0 radical (unpaired) electrons. The van der Waals surface area contributed by atoms with Crippen molar-refractivity contribution in [2.45, 2.75) is 45.3 Å². The molecule has 2 nitrogen and oxygen atoms in total. The fourth-order valence-corrected chi connectivity index (χ4v) is 5.48. The Labute approximate surface area is 128 Å². The summed E-state index contributed by atoms with van der Waals surface area (Å²) in [6, 6.07) is 1.89. The van der Waals surface area contributed by atoms with Crippen LogP contribution in [0.4, 0.5) is 0 Å². The summed E-state index contributed by atoms with van der Waals surface area (Å²) < 4.78 is 7.85. The predicted octanol–water partition coefficient (Wildman–Crippen LogP) is 5.05. The van der Waals surface area contributed by atoms with Gasteiger partial charge in [0.25, 0.3) is 0 Å². The molecular formula is C13H16Br2O2S. The van der Waals surface area contributed by atoms with Crippen LogP contribution in [0.25, 0.3) is 0 Å². The third kappa shape index (κ3) is 2.74. The van der Waals surface area contributed by atoms with Crippen LogP contribution in [0.5, 0.6) is 0 Å². The minimum atomic E-state index is -0.408. The zero-order chi connectivity index (χ0) is 13.7. The van der Waals surface area contributed by atoms with E-state index in [0.29, 0.717) is 0 Å². The van der Waals surface area contributed by atoms with Crippen LogP contribution < -0.4 is 0 Å². The molecule has 0 aliphatic carbocycles. The SMILES string of the molecule is CC1(C)CC(C(=O)c2cc(Br)sc2Br)C(C)(C)O1. The molecule has 100 valence electrons. The number of ether oxygens (including phenoxy) is 1. The molecule has 1 unspecified atom stereocenters. The first-order valence-electron chi connectivity index (χ1n) is 5.82. The molecule has 0 bridgehead atoms. The summed E-state index contributed by atoms with van der Waals surface area (Å²) >= 11 is 8.40. The average Bonchev–Trinajstić information content (AvgIpc) is 2.61. The van der Waals surface area contributed by atoms with Crippen LogP contribution in [0.1, 0.15) is 44.5 Å². The van der Waals surface area contributed by atoms with Gasteiger partial charge < -0.3 is 4.74 Å². The molecule has 0 spiro atoms. The molecule has 1 aromatic rings. The Kier molecular flexibility index (Phi) is 3.83. The topological polar surface area (TPSA) is 26.3 Å². The zero-order valence-corrected chi connectivity index (χ0v) is 14.8. The van der Waals surface area contributed by atoms with E-state index in [-0.39, 0.29) is 17.3 Å². The maximum Gasteiger partial charge on any atom is 0.170 e. The zero-order valence-electron chi connectivity index (χ0n) is 10.8. The van der Waals surface area contributed by atoms with Gasteiger partial charge in [0.05, 0.1) is 24.7 Å². The van der Waals surface area contributed by atoms with Gasteiger partial charge in [-0.2, -0.15) is 0 Å². The largest absolute Gasteiger partial charge is 0.369 e. The van der Waals surface area contributed by atoms with Gasteiger partial charge in [0.1, 0.15) is 0 Å². The van der Waals surface area contributed by atoms with E-state index in [2.05, 4.69) is 31.9 Å². The van der Waals surface area contributed by atoms with Crippen LogP contribution in [0, 0.1) is 5.92 Å². The Morgan fingerprint density at radius 1 is 1.39 bits per heavy atom. The first-order chi connectivity index (χ1) is 8.12. The van der Waals surface area contributed by atoms with Crippen molar-refractivity contribution in [3.05, 3.63) is 19.2 Å². The Balaban J connectivity index is 2.32. The quantitative estimate of drug-likeness (QED) is 0.655. The van der Waals surface area contributed by atoms with E-state index >= 15 is 0 Å². The number of halogens is 2. The van der Waals surface area contributed by atoms with Crippen molar-refractivity contribution >= 4 is 49.0 Å². The monoisotopic (exact) mass is 394 g/mol. The van der Waals surface area contributed by atoms with Crippen LogP contribution in [-0.2, 0) is 4.74 Å². The van der Waals surface area contributed by atoms with Crippen molar-refractivity contribution in [1.82, 2.24) is 0 Å². The Hall–Kier alpha value is 0.290. The summed E-state index contributed by atoms with van der Waals surface area (Å²) in [6.45, 7) is 8.08. The predicted molar refractivity (Wildman–Crippen MR) is 81.4 cm³/mol. The fraction of sp³-hybridized carbons (Fsp3) is 0.615. The van der Waals surface area contributed by atoms with Crippen LogP contribution in [0.15, 0.2) is 13.6 Å². The van der Waals surface area contributed by atoms with E-state index < -0.39 is 5.60 Å². The van der Waals surface area contributed by atoms with Gasteiger partial charge in [-0.15, -0.1) is 11.3 Å². The standard InChI is InChI=1S/C13H16Br2O2S/c1-12(2)6-8(13(3,4)17-12)10(16)7-5-9(14)18-11(7)15/h5,8H,6H2,1-4H3. The molecule has 0 amide bonds. The normalized spacial score (nSPS) is 25.3. The van der Waals surface area contributed by atoms with E-state index in [0.717, 1.165) is 19.6 Å². The highest BCUT2D eigenvalue weighted by Gasteiger charge is 2.49. The van der Waals surface area contributed by atoms with Gasteiger partial charge in [0.2, 0.25) is 0 Å². The van der Waals surface area contributed by atoms with Crippen molar-refractivity contribution in [3.63, 3.8) is 0 Å². The van der Waals surface area contributed by atoms with Gasteiger partial charge in [-0.25, -0.2) is 0 Å². The highest BCUT2D eigenvalue weighted by atomic mass is 79.9. The van der Waals surface area contributed by atoms with Gasteiger partial charge >= 0.3 is 0 Å². The smallest absolute Gasteiger partial charge is 0.170 e. The molecule has 0 N–H and O–H groups in total. The second-order valence-electron chi connectivity index (χ2n) is 5.82. The molecule has 0 saturated carbocycles. The number of rotatable bonds is 2. The molecule has 5 heteroatoms. The molecule has 1 fully saturated rings. The second-order valence-corrected chi connectivity index (χ2v) is 9.57. The van der Waals surface area contributed by atoms with Crippen molar-refractivity contribution in [2.24, 2.45) is 5.92 Å². The lowest BCUT2D eigenvalue weighted by Gasteiger charge is -2.26. The van der Waals surface area contributed by atoms with Crippen LogP contribution >= 0.6 is 43.2 Å². The minimum Gasteiger partial charge on any atom is -0.369 e. The molecule has 1 aromatic heterocycles. The molecule has 1 aliphatic heterocycles. The summed E-state index contributed by atoms with van der Waals surface area (Å²) in [5.41, 5.74) is 0.115. The Morgan fingerprint density at radius 2 is 2.00 bits per heavy atom. The first-order valence-corrected chi connectivity index (χ1v) is 8.22. The summed E-state index contributed by atoms with van der Waals surface area (Å²) in [6.07, 6.45) is 0.763. The molecule has 2 heterocycles. The molecule has 1 saturated heterocycles. The van der Waals surface area contributed by atoms with Crippen molar-refractivity contribution < 1.29 is 9.53 Å². The highest BCUT2D eigenvalue weighted by molar-refractivity contribution is 9.12. The average molecular weight is 396 g/mol. The number of ketones is 1. The Morgan fingerprint density at radius 3 is 2.39 bits per heavy atom. The summed E-state index contributed by atoms with van der Waals surface area (Å²) in [4.78, 5) is 12.7. The minimum absolute atomic E-state index is 0.0923. The number of hydrogen-bond donors (Lipinski definition) is 0. The van der Waals surface area contributed by atoms with E-state index in [1.54, 1.807) is 0 Å². The van der Waals surface area contributed by atoms with Crippen LogP contribution in [-0.4, -0.2) is 17.0 Å². The van der Waals surface area contributed by atoms with Crippen LogP contribution in [0.3, 0.4) is 0 Å². The van der Waals surface area contributed by atoms with E-state index in [1.165, 1.54) is 11.3 Å². The summed E-state index contributed by atoms with van der Waals surface area (Å²) in [5.74, 6) is 0.0738.